The van der Waals surface area contributed by atoms with E-state index in [4.69, 9.17) is 18.9 Å². The molecular weight excluding hydrogens is 308 g/mol. The predicted octanol–water partition coefficient (Wildman–Crippen LogP) is 3.25. The summed E-state index contributed by atoms with van der Waals surface area (Å²) < 4.78 is 20.9. The highest BCUT2D eigenvalue weighted by atomic mass is 16.7. The Morgan fingerprint density at radius 3 is 1.88 bits per heavy atom. The van der Waals surface area contributed by atoms with Crippen molar-refractivity contribution in [3.8, 4) is 11.5 Å². The number of hydrogen-bond donors (Lipinski definition) is 0. The van der Waals surface area contributed by atoms with E-state index < -0.39 is 0 Å². The molecule has 0 amide bonds. The lowest BCUT2D eigenvalue weighted by Gasteiger charge is -2.15. The minimum Gasteiger partial charge on any atom is -0.467 e. The van der Waals surface area contributed by atoms with Crippen LogP contribution in [-0.4, -0.2) is 34.1 Å². The van der Waals surface area contributed by atoms with Gasteiger partial charge in [0.15, 0.2) is 19.9 Å². The average molecular weight is 330 g/mol. The maximum atomic E-state index is 11.4. The largest absolute Gasteiger partial charge is 0.467 e. The summed E-state index contributed by atoms with van der Waals surface area (Å²) in [6, 6.07) is 13.9. The number of ether oxygens (including phenoxy) is 4. The number of aryl methyl sites for hydroxylation is 2. The molecular formula is C19H22O5. The lowest BCUT2D eigenvalue weighted by atomic mass is 10.0. The van der Waals surface area contributed by atoms with Crippen LogP contribution in [0.2, 0.25) is 0 Å². The third-order valence-electron chi connectivity index (χ3n) is 3.49. The van der Waals surface area contributed by atoms with Gasteiger partial charge in [0.25, 0.3) is 0 Å². The molecule has 2 rings (SSSR count). The molecule has 0 saturated carbocycles. The van der Waals surface area contributed by atoms with Gasteiger partial charge in [-0.1, -0.05) is 30.3 Å². The predicted molar refractivity (Wildman–Crippen MR) is 90.7 cm³/mol. The Morgan fingerprint density at radius 1 is 0.833 bits per heavy atom. The summed E-state index contributed by atoms with van der Waals surface area (Å²) in [5.41, 5.74) is 2.62. The van der Waals surface area contributed by atoms with Gasteiger partial charge in [-0.05, 0) is 36.1 Å². The Hall–Kier alpha value is -2.37. The van der Waals surface area contributed by atoms with Crippen molar-refractivity contribution in [2.45, 2.75) is 12.8 Å². The topological polar surface area (TPSA) is 54.0 Å². The van der Waals surface area contributed by atoms with Gasteiger partial charge in [-0.25, -0.2) is 0 Å². The molecule has 0 saturated heterocycles. The van der Waals surface area contributed by atoms with E-state index in [9.17, 15) is 4.79 Å². The summed E-state index contributed by atoms with van der Waals surface area (Å²) in [5.74, 6) is 0.895. The minimum atomic E-state index is 0.0622. The Labute approximate surface area is 142 Å². The Kier molecular flexibility index (Phi) is 7.26. The molecule has 5 nitrogen and oxygen atoms in total. The normalized spacial score (nSPS) is 10.4. The lowest BCUT2D eigenvalue weighted by Crippen LogP contribution is -2.07. The molecule has 24 heavy (non-hydrogen) atoms. The number of rotatable bonds is 10. The molecule has 0 fully saturated rings. The molecule has 2 aromatic carbocycles. The molecule has 0 aliphatic rings. The third kappa shape index (κ3) is 5.08. The van der Waals surface area contributed by atoms with E-state index >= 15 is 0 Å². The second-order valence-corrected chi connectivity index (χ2v) is 5.21. The van der Waals surface area contributed by atoms with Gasteiger partial charge in [0.05, 0.1) is 5.56 Å². The number of hydrogen-bond acceptors (Lipinski definition) is 5. The van der Waals surface area contributed by atoms with E-state index in [1.165, 1.54) is 19.8 Å². The first-order valence-corrected chi connectivity index (χ1v) is 7.68. The number of carbonyl (C=O) groups is 1. The zero-order valence-electron chi connectivity index (χ0n) is 14.0. The molecule has 0 aliphatic carbocycles. The molecule has 0 spiro atoms. The fourth-order valence-electron chi connectivity index (χ4n) is 2.33. The standard InChI is InChI=1S/C19H22O5/c1-21-13-23-18-10-16(9-8-15-6-4-3-5-7-15)11-19(17(18)12-20)24-14-22-2/h3-7,10-12H,8-9,13-14H2,1-2H3. The second-order valence-electron chi connectivity index (χ2n) is 5.21. The fourth-order valence-corrected chi connectivity index (χ4v) is 2.33. The van der Waals surface area contributed by atoms with E-state index in [1.54, 1.807) is 0 Å². The van der Waals surface area contributed by atoms with Gasteiger partial charge in [-0.2, -0.15) is 0 Å². The molecule has 2 aromatic rings. The van der Waals surface area contributed by atoms with Crippen LogP contribution in [0.5, 0.6) is 11.5 Å². The van der Waals surface area contributed by atoms with Crippen LogP contribution in [0.1, 0.15) is 21.5 Å². The zero-order chi connectivity index (χ0) is 17.2. The summed E-state index contributed by atoms with van der Waals surface area (Å²) in [6.07, 6.45) is 2.40. The molecule has 0 unspecified atom stereocenters. The Balaban J connectivity index is 2.23. The summed E-state index contributed by atoms with van der Waals surface area (Å²) in [4.78, 5) is 11.4. The van der Waals surface area contributed by atoms with Gasteiger partial charge >= 0.3 is 0 Å². The smallest absolute Gasteiger partial charge is 0.188 e. The van der Waals surface area contributed by atoms with Gasteiger partial charge in [0.2, 0.25) is 0 Å². The van der Waals surface area contributed by atoms with E-state index in [0.29, 0.717) is 17.1 Å². The second kappa shape index (κ2) is 9.70. The lowest BCUT2D eigenvalue weighted by molar-refractivity contribution is 0.0449. The Bertz CT molecular complexity index is 610. The van der Waals surface area contributed by atoms with Crippen molar-refractivity contribution < 1.29 is 23.7 Å². The molecule has 128 valence electrons. The number of methoxy groups -OCH3 is 2. The monoisotopic (exact) mass is 330 g/mol. The summed E-state index contributed by atoms with van der Waals surface area (Å²) in [5, 5.41) is 0. The van der Waals surface area contributed by atoms with Crippen LogP contribution in [0, 0.1) is 0 Å². The fraction of sp³-hybridized carbons (Fsp3) is 0.316. The summed E-state index contributed by atoms with van der Waals surface area (Å²) in [6.45, 7) is 0.124. The van der Waals surface area contributed by atoms with Crippen LogP contribution in [0.25, 0.3) is 0 Å². The van der Waals surface area contributed by atoms with Crippen LogP contribution >= 0.6 is 0 Å². The van der Waals surface area contributed by atoms with Crippen LogP contribution < -0.4 is 9.47 Å². The maximum Gasteiger partial charge on any atom is 0.188 e. The first kappa shape index (κ1) is 18.0. The van der Waals surface area contributed by atoms with Crippen molar-refractivity contribution in [3.63, 3.8) is 0 Å². The average Bonchev–Trinajstić information content (AvgIpc) is 2.63. The van der Waals surface area contributed by atoms with Crippen molar-refractivity contribution in [3.05, 3.63) is 59.2 Å². The number of carbonyl (C=O) groups excluding carboxylic acids is 1. The highest BCUT2D eigenvalue weighted by Gasteiger charge is 2.13. The molecule has 0 bridgehead atoms. The van der Waals surface area contributed by atoms with Crippen molar-refractivity contribution in [1.82, 2.24) is 0 Å². The van der Waals surface area contributed by atoms with Crippen LogP contribution in [0.15, 0.2) is 42.5 Å². The van der Waals surface area contributed by atoms with Crippen molar-refractivity contribution in [2.75, 3.05) is 27.8 Å². The molecule has 0 N–H and O–H groups in total. The number of benzene rings is 2. The van der Waals surface area contributed by atoms with Gasteiger partial charge in [0, 0.05) is 14.2 Å². The Morgan fingerprint density at radius 2 is 1.38 bits per heavy atom. The highest BCUT2D eigenvalue weighted by Crippen LogP contribution is 2.30. The van der Waals surface area contributed by atoms with Gasteiger partial charge in [0.1, 0.15) is 11.5 Å². The zero-order valence-corrected chi connectivity index (χ0v) is 14.0. The van der Waals surface area contributed by atoms with Crippen LogP contribution in [0.3, 0.4) is 0 Å². The first-order chi connectivity index (χ1) is 11.8. The van der Waals surface area contributed by atoms with Crippen molar-refractivity contribution >= 4 is 6.29 Å². The number of aldehydes is 1. The van der Waals surface area contributed by atoms with Crippen LogP contribution in [-0.2, 0) is 22.3 Å². The SMILES string of the molecule is COCOc1cc(CCc2ccccc2)cc(OCOC)c1C=O. The molecule has 0 aromatic heterocycles. The summed E-state index contributed by atoms with van der Waals surface area (Å²) >= 11 is 0. The molecule has 5 heteroatoms. The van der Waals surface area contributed by atoms with Gasteiger partial charge in [-0.15, -0.1) is 0 Å². The molecule has 0 aliphatic heterocycles. The van der Waals surface area contributed by atoms with Gasteiger partial charge in [-0.3, -0.25) is 4.79 Å². The van der Waals surface area contributed by atoms with E-state index in [2.05, 4.69) is 12.1 Å². The quantitative estimate of drug-likeness (QED) is 0.494. The first-order valence-electron chi connectivity index (χ1n) is 7.68. The van der Waals surface area contributed by atoms with Gasteiger partial charge < -0.3 is 18.9 Å². The molecule has 0 atom stereocenters. The highest BCUT2D eigenvalue weighted by molar-refractivity contribution is 5.84. The van der Waals surface area contributed by atoms with Crippen LogP contribution in [0.4, 0.5) is 0 Å². The maximum absolute atomic E-state index is 11.4. The molecule has 0 radical (unpaired) electrons. The van der Waals surface area contributed by atoms with E-state index in [1.807, 2.05) is 30.3 Å². The molecule has 0 heterocycles. The minimum absolute atomic E-state index is 0.0622. The van der Waals surface area contributed by atoms with E-state index in [0.717, 1.165) is 24.7 Å². The third-order valence-corrected chi connectivity index (χ3v) is 3.49. The van der Waals surface area contributed by atoms with Crippen molar-refractivity contribution in [1.29, 1.82) is 0 Å². The van der Waals surface area contributed by atoms with Crippen molar-refractivity contribution in [2.24, 2.45) is 0 Å². The van der Waals surface area contributed by atoms with E-state index in [-0.39, 0.29) is 13.6 Å². The summed E-state index contributed by atoms with van der Waals surface area (Å²) in [7, 11) is 3.06.